The number of nitrogens with zero attached hydrogens (tertiary/aromatic N) is 1. The molecule has 2 nitrogen and oxygen atoms in total. The van der Waals surface area contributed by atoms with Crippen molar-refractivity contribution in [3.63, 3.8) is 0 Å². The maximum Gasteiger partial charge on any atom is 0.0105 e. The lowest BCUT2D eigenvalue weighted by Gasteiger charge is -2.25. The zero-order valence-corrected chi connectivity index (χ0v) is 12.7. The Labute approximate surface area is 119 Å². The summed E-state index contributed by atoms with van der Waals surface area (Å²) in [5.41, 5.74) is 8.08. The minimum absolute atomic E-state index is 0.819. The van der Waals surface area contributed by atoms with Crippen LogP contribution in [0.2, 0.25) is 0 Å². The van der Waals surface area contributed by atoms with Gasteiger partial charge in [-0.2, -0.15) is 0 Å². The highest BCUT2D eigenvalue weighted by Gasteiger charge is 2.07. The van der Waals surface area contributed by atoms with Crippen molar-refractivity contribution in [2.24, 2.45) is 5.73 Å². The van der Waals surface area contributed by atoms with E-state index in [0.717, 1.165) is 13.1 Å². The van der Waals surface area contributed by atoms with E-state index in [9.17, 15) is 0 Å². The molecule has 0 saturated carbocycles. The van der Waals surface area contributed by atoms with E-state index < -0.39 is 0 Å². The fraction of sp³-hybridized carbons (Fsp3) is 0.529. The van der Waals surface area contributed by atoms with E-state index in [4.69, 9.17) is 5.73 Å². The van der Waals surface area contributed by atoms with Crippen molar-refractivity contribution >= 4 is 0 Å². The molecule has 0 amide bonds. The van der Waals surface area contributed by atoms with E-state index >= 15 is 0 Å². The van der Waals surface area contributed by atoms with Gasteiger partial charge in [-0.1, -0.05) is 41.8 Å². The number of aryl methyl sites for hydroxylation is 2. The molecule has 1 fully saturated rings. The van der Waals surface area contributed by atoms with Gasteiger partial charge in [-0.3, -0.25) is 0 Å². The second kappa shape index (κ2) is 11.9. The fourth-order valence-corrected chi connectivity index (χ4v) is 2.00. The molecule has 0 unspecified atom stereocenters. The minimum Gasteiger partial charge on any atom is -0.329 e. The number of likely N-dealkylation sites (tertiary alicyclic amines) is 1. The Morgan fingerprint density at radius 1 is 0.947 bits per heavy atom. The Hall–Kier alpha value is -1.12. The number of hydrogen-bond acceptors (Lipinski definition) is 2. The van der Waals surface area contributed by atoms with Crippen LogP contribution in [0, 0.1) is 13.8 Å². The highest BCUT2D eigenvalue weighted by molar-refractivity contribution is 5.19. The van der Waals surface area contributed by atoms with Crippen LogP contribution in [0.4, 0.5) is 0 Å². The SMILES string of the molecule is C=C.Cc1ccc(C)cc1.NCCN1CCCCC1. The molecule has 0 atom stereocenters. The molecule has 19 heavy (non-hydrogen) atoms. The maximum atomic E-state index is 5.42. The van der Waals surface area contributed by atoms with Gasteiger partial charge >= 0.3 is 0 Å². The zero-order chi connectivity index (χ0) is 14.5. The first-order valence-corrected chi connectivity index (χ1v) is 7.18. The first-order chi connectivity index (χ1) is 9.22. The molecule has 2 rings (SSSR count). The Morgan fingerprint density at radius 2 is 1.37 bits per heavy atom. The van der Waals surface area contributed by atoms with Crippen molar-refractivity contribution < 1.29 is 0 Å². The van der Waals surface area contributed by atoms with E-state index in [1.54, 1.807) is 0 Å². The Kier molecular flexibility index (Phi) is 11.2. The molecule has 0 bridgehead atoms. The molecular weight excluding hydrogens is 232 g/mol. The number of benzene rings is 1. The standard InChI is InChI=1S/C8H10.C7H16N2.C2H4/c1-7-3-5-8(2)6-4-7;8-4-7-9-5-2-1-3-6-9;1-2/h3-6H,1-2H3;1-8H2;1-2H2. The topological polar surface area (TPSA) is 29.3 Å². The molecule has 2 heteroatoms. The molecule has 0 radical (unpaired) electrons. The summed E-state index contributed by atoms with van der Waals surface area (Å²) in [5, 5.41) is 0. The van der Waals surface area contributed by atoms with Gasteiger partial charge in [0.05, 0.1) is 0 Å². The number of piperidine rings is 1. The second-order valence-corrected chi connectivity index (χ2v) is 4.85. The average molecular weight is 262 g/mol. The lowest BCUT2D eigenvalue weighted by Crippen LogP contribution is -2.33. The number of hydrogen-bond donors (Lipinski definition) is 1. The van der Waals surface area contributed by atoms with Crippen molar-refractivity contribution in [3.05, 3.63) is 48.6 Å². The Balaban J connectivity index is 0.000000303. The molecule has 1 aliphatic heterocycles. The summed E-state index contributed by atoms with van der Waals surface area (Å²) in [6, 6.07) is 8.48. The van der Waals surface area contributed by atoms with Gasteiger partial charge in [-0.25, -0.2) is 0 Å². The predicted molar refractivity (Wildman–Crippen MR) is 86.5 cm³/mol. The van der Waals surface area contributed by atoms with E-state index in [0.29, 0.717) is 0 Å². The van der Waals surface area contributed by atoms with Crippen LogP contribution in [-0.4, -0.2) is 31.1 Å². The van der Waals surface area contributed by atoms with Crippen molar-refractivity contribution in [1.29, 1.82) is 0 Å². The third-order valence-corrected chi connectivity index (χ3v) is 3.11. The summed E-state index contributed by atoms with van der Waals surface area (Å²) >= 11 is 0. The largest absolute Gasteiger partial charge is 0.329 e. The van der Waals surface area contributed by atoms with Gasteiger partial charge in [0, 0.05) is 13.1 Å². The first-order valence-electron chi connectivity index (χ1n) is 7.18. The van der Waals surface area contributed by atoms with Crippen LogP contribution in [0.1, 0.15) is 30.4 Å². The summed E-state index contributed by atoms with van der Waals surface area (Å²) < 4.78 is 0. The quantitative estimate of drug-likeness (QED) is 0.826. The second-order valence-electron chi connectivity index (χ2n) is 4.85. The molecule has 0 aliphatic carbocycles. The van der Waals surface area contributed by atoms with Crippen molar-refractivity contribution in [2.45, 2.75) is 33.1 Å². The van der Waals surface area contributed by atoms with E-state index in [2.05, 4.69) is 56.2 Å². The van der Waals surface area contributed by atoms with Crippen LogP contribution in [-0.2, 0) is 0 Å². The molecule has 2 N–H and O–H groups in total. The predicted octanol–water partition coefficient (Wildman–Crippen LogP) is 3.54. The van der Waals surface area contributed by atoms with Gasteiger partial charge < -0.3 is 10.6 Å². The van der Waals surface area contributed by atoms with Crippen molar-refractivity contribution in [1.82, 2.24) is 4.90 Å². The van der Waals surface area contributed by atoms with Crippen molar-refractivity contribution in [3.8, 4) is 0 Å². The number of rotatable bonds is 2. The molecule has 1 saturated heterocycles. The van der Waals surface area contributed by atoms with Gasteiger partial charge in [-0.05, 0) is 39.8 Å². The molecule has 108 valence electrons. The highest BCUT2D eigenvalue weighted by Crippen LogP contribution is 2.06. The first kappa shape index (κ1) is 17.9. The molecule has 1 aliphatic rings. The van der Waals surface area contributed by atoms with Crippen LogP contribution >= 0.6 is 0 Å². The van der Waals surface area contributed by atoms with Gasteiger partial charge in [-0.15, -0.1) is 13.2 Å². The summed E-state index contributed by atoms with van der Waals surface area (Å²) in [5.74, 6) is 0. The monoisotopic (exact) mass is 262 g/mol. The van der Waals surface area contributed by atoms with Gasteiger partial charge in [0.1, 0.15) is 0 Å². The molecule has 1 aromatic carbocycles. The zero-order valence-electron chi connectivity index (χ0n) is 12.7. The summed E-state index contributed by atoms with van der Waals surface area (Å²) in [6.07, 6.45) is 4.17. The smallest absolute Gasteiger partial charge is 0.0105 e. The summed E-state index contributed by atoms with van der Waals surface area (Å²) in [7, 11) is 0. The van der Waals surface area contributed by atoms with E-state index in [-0.39, 0.29) is 0 Å². The van der Waals surface area contributed by atoms with Crippen LogP contribution in [0.25, 0.3) is 0 Å². The molecule has 1 heterocycles. The van der Waals surface area contributed by atoms with Crippen LogP contribution < -0.4 is 5.73 Å². The van der Waals surface area contributed by atoms with Gasteiger partial charge in [0.2, 0.25) is 0 Å². The van der Waals surface area contributed by atoms with Gasteiger partial charge in [0.25, 0.3) is 0 Å². The Bertz CT molecular complexity index is 276. The van der Waals surface area contributed by atoms with Crippen LogP contribution in [0.5, 0.6) is 0 Å². The molecule has 0 aromatic heterocycles. The van der Waals surface area contributed by atoms with Gasteiger partial charge in [0.15, 0.2) is 0 Å². The van der Waals surface area contributed by atoms with Crippen molar-refractivity contribution in [2.75, 3.05) is 26.2 Å². The van der Waals surface area contributed by atoms with Crippen LogP contribution in [0.3, 0.4) is 0 Å². The molecule has 0 spiro atoms. The van der Waals surface area contributed by atoms with Crippen LogP contribution in [0.15, 0.2) is 37.4 Å². The lowest BCUT2D eigenvalue weighted by atomic mass is 10.1. The Morgan fingerprint density at radius 3 is 1.74 bits per heavy atom. The normalized spacial score (nSPS) is 14.7. The average Bonchev–Trinajstić information content (AvgIpc) is 2.47. The summed E-state index contributed by atoms with van der Waals surface area (Å²) in [4.78, 5) is 2.45. The molecular formula is C17H30N2. The third kappa shape index (κ3) is 9.46. The summed E-state index contributed by atoms with van der Waals surface area (Å²) in [6.45, 7) is 14.7. The fourth-order valence-electron chi connectivity index (χ4n) is 2.00. The minimum atomic E-state index is 0.819. The van der Waals surface area contributed by atoms with E-state index in [1.807, 2.05) is 0 Å². The molecule has 1 aromatic rings. The number of nitrogens with two attached hydrogens (primary N) is 1. The highest BCUT2D eigenvalue weighted by atomic mass is 15.1. The van der Waals surface area contributed by atoms with E-state index in [1.165, 1.54) is 43.5 Å². The maximum absolute atomic E-state index is 5.42. The third-order valence-electron chi connectivity index (χ3n) is 3.11. The lowest BCUT2D eigenvalue weighted by molar-refractivity contribution is 0.235.